The minimum atomic E-state index is 1.00. The van der Waals surface area contributed by atoms with Crippen molar-refractivity contribution in [2.24, 2.45) is 0 Å². The van der Waals surface area contributed by atoms with E-state index in [9.17, 15) is 0 Å². The first-order chi connectivity index (χ1) is 7.45. The zero-order valence-corrected chi connectivity index (χ0v) is 8.82. The standard InChI is InChI=1S/C12H15N3/c1-2-4-6-11-10(5-3-1)14-12-9-13-7-8-15(11)12/h7-9H,1-6H2. The molecule has 0 aromatic carbocycles. The van der Waals surface area contributed by atoms with Gasteiger partial charge in [0.05, 0.1) is 11.9 Å². The molecule has 3 nitrogen and oxygen atoms in total. The largest absolute Gasteiger partial charge is 0.301 e. The van der Waals surface area contributed by atoms with Crippen LogP contribution in [0, 0.1) is 0 Å². The molecular weight excluding hydrogens is 186 g/mol. The van der Waals surface area contributed by atoms with Crippen molar-refractivity contribution in [3.05, 3.63) is 30.0 Å². The lowest BCUT2D eigenvalue weighted by molar-refractivity contribution is 0.604. The molecule has 0 saturated carbocycles. The smallest absolute Gasteiger partial charge is 0.155 e. The van der Waals surface area contributed by atoms with Crippen LogP contribution in [0.4, 0.5) is 0 Å². The molecule has 0 unspecified atom stereocenters. The van der Waals surface area contributed by atoms with E-state index in [1.807, 2.05) is 18.6 Å². The Balaban J connectivity index is 2.15. The summed E-state index contributed by atoms with van der Waals surface area (Å²) in [5.41, 5.74) is 3.71. The van der Waals surface area contributed by atoms with Crippen molar-refractivity contribution in [2.75, 3.05) is 0 Å². The van der Waals surface area contributed by atoms with Crippen LogP contribution in [-0.4, -0.2) is 14.4 Å². The summed E-state index contributed by atoms with van der Waals surface area (Å²) in [6.45, 7) is 0. The van der Waals surface area contributed by atoms with E-state index < -0.39 is 0 Å². The fraction of sp³-hybridized carbons (Fsp3) is 0.500. The van der Waals surface area contributed by atoms with Gasteiger partial charge in [-0.15, -0.1) is 0 Å². The average molecular weight is 201 g/mol. The van der Waals surface area contributed by atoms with Gasteiger partial charge in [-0.25, -0.2) is 4.98 Å². The molecule has 1 aliphatic rings. The molecule has 15 heavy (non-hydrogen) atoms. The SMILES string of the molecule is c1cn2c3c(nc2cn1)CCCCCC3. The number of hydrogen-bond donors (Lipinski definition) is 0. The van der Waals surface area contributed by atoms with Gasteiger partial charge in [-0.2, -0.15) is 0 Å². The first-order valence-corrected chi connectivity index (χ1v) is 5.75. The molecule has 0 fully saturated rings. The molecule has 0 bridgehead atoms. The molecule has 3 heteroatoms. The number of aromatic nitrogens is 3. The Morgan fingerprint density at radius 2 is 1.93 bits per heavy atom. The maximum Gasteiger partial charge on any atom is 0.155 e. The molecular formula is C12H15N3. The lowest BCUT2D eigenvalue weighted by Gasteiger charge is -2.08. The van der Waals surface area contributed by atoms with E-state index in [0.29, 0.717) is 0 Å². The third kappa shape index (κ3) is 1.52. The molecule has 2 aromatic heterocycles. The number of rotatable bonds is 0. The Hall–Kier alpha value is -1.38. The van der Waals surface area contributed by atoms with Crippen LogP contribution in [0.5, 0.6) is 0 Å². The highest BCUT2D eigenvalue weighted by Crippen LogP contribution is 2.20. The van der Waals surface area contributed by atoms with Crippen LogP contribution < -0.4 is 0 Å². The van der Waals surface area contributed by atoms with Crippen molar-refractivity contribution in [3.8, 4) is 0 Å². The third-order valence-electron chi connectivity index (χ3n) is 3.19. The van der Waals surface area contributed by atoms with E-state index in [1.165, 1.54) is 43.5 Å². The molecule has 0 N–H and O–H groups in total. The molecule has 2 aromatic rings. The van der Waals surface area contributed by atoms with E-state index in [-0.39, 0.29) is 0 Å². The Labute approximate surface area is 89.2 Å². The Morgan fingerprint density at radius 3 is 2.87 bits per heavy atom. The van der Waals surface area contributed by atoms with Crippen LogP contribution in [0.15, 0.2) is 18.6 Å². The highest BCUT2D eigenvalue weighted by molar-refractivity contribution is 5.41. The number of imidazole rings is 1. The molecule has 0 saturated heterocycles. The summed E-state index contributed by atoms with van der Waals surface area (Å²) >= 11 is 0. The summed E-state index contributed by atoms with van der Waals surface area (Å²) in [6.07, 6.45) is 13.3. The van der Waals surface area contributed by atoms with E-state index in [0.717, 1.165) is 12.1 Å². The van der Waals surface area contributed by atoms with E-state index in [2.05, 4.69) is 14.4 Å². The van der Waals surface area contributed by atoms with E-state index in [1.54, 1.807) is 0 Å². The summed E-state index contributed by atoms with van der Waals surface area (Å²) in [6, 6.07) is 0. The third-order valence-corrected chi connectivity index (χ3v) is 3.19. The van der Waals surface area contributed by atoms with Crippen LogP contribution in [0.1, 0.15) is 37.1 Å². The number of fused-ring (bicyclic) bond motifs is 3. The minimum absolute atomic E-state index is 1.00. The normalized spacial score (nSPS) is 17.1. The van der Waals surface area contributed by atoms with E-state index >= 15 is 0 Å². The van der Waals surface area contributed by atoms with Gasteiger partial charge in [-0.3, -0.25) is 4.98 Å². The first kappa shape index (κ1) is 8.89. The fourth-order valence-corrected chi connectivity index (χ4v) is 2.41. The maximum absolute atomic E-state index is 4.66. The number of aryl methyl sites for hydroxylation is 2. The molecule has 0 spiro atoms. The Bertz CT molecular complexity index is 473. The van der Waals surface area contributed by atoms with Crippen LogP contribution in [0.25, 0.3) is 5.65 Å². The topological polar surface area (TPSA) is 30.2 Å². The van der Waals surface area contributed by atoms with Gasteiger partial charge in [0, 0.05) is 18.1 Å². The first-order valence-electron chi connectivity index (χ1n) is 5.75. The second-order valence-electron chi connectivity index (χ2n) is 4.22. The lowest BCUT2D eigenvalue weighted by atomic mass is 10.0. The van der Waals surface area contributed by atoms with Crippen molar-refractivity contribution in [1.82, 2.24) is 14.4 Å². The molecule has 78 valence electrons. The van der Waals surface area contributed by atoms with Crippen molar-refractivity contribution in [2.45, 2.75) is 38.5 Å². The van der Waals surface area contributed by atoms with Gasteiger partial charge in [0.2, 0.25) is 0 Å². The van der Waals surface area contributed by atoms with Crippen molar-refractivity contribution >= 4 is 5.65 Å². The predicted molar refractivity (Wildman–Crippen MR) is 58.9 cm³/mol. The van der Waals surface area contributed by atoms with Crippen LogP contribution in [0.2, 0.25) is 0 Å². The van der Waals surface area contributed by atoms with Crippen LogP contribution in [0.3, 0.4) is 0 Å². The van der Waals surface area contributed by atoms with Gasteiger partial charge in [-0.1, -0.05) is 12.8 Å². The average Bonchev–Trinajstić information content (AvgIpc) is 2.55. The minimum Gasteiger partial charge on any atom is -0.301 e. The quantitative estimate of drug-likeness (QED) is 0.655. The van der Waals surface area contributed by atoms with Gasteiger partial charge < -0.3 is 4.40 Å². The summed E-state index contributed by atoms with van der Waals surface area (Å²) < 4.78 is 2.20. The highest BCUT2D eigenvalue weighted by atomic mass is 15.0. The molecule has 0 atom stereocenters. The van der Waals surface area contributed by atoms with Crippen LogP contribution >= 0.6 is 0 Å². The van der Waals surface area contributed by atoms with Gasteiger partial charge in [0.1, 0.15) is 0 Å². The summed E-state index contributed by atoms with van der Waals surface area (Å²) in [4.78, 5) is 8.78. The molecule has 0 amide bonds. The molecule has 3 rings (SSSR count). The number of hydrogen-bond acceptors (Lipinski definition) is 2. The summed E-state index contributed by atoms with van der Waals surface area (Å²) in [5, 5.41) is 0. The lowest BCUT2D eigenvalue weighted by Crippen LogP contribution is -2.01. The maximum atomic E-state index is 4.66. The molecule has 1 aliphatic carbocycles. The van der Waals surface area contributed by atoms with Crippen molar-refractivity contribution < 1.29 is 0 Å². The monoisotopic (exact) mass is 201 g/mol. The van der Waals surface area contributed by atoms with Gasteiger partial charge >= 0.3 is 0 Å². The molecule has 2 heterocycles. The molecule has 0 aliphatic heterocycles. The summed E-state index contributed by atoms with van der Waals surface area (Å²) in [7, 11) is 0. The van der Waals surface area contributed by atoms with Gasteiger partial charge in [-0.05, 0) is 25.7 Å². The predicted octanol–water partition coefficient (Wildman–Crippen LogP) is 2.39. The highest BCUT2D eigenvalue weighted by Gasteiger charge is 2.13. The van der Waals surface area contributed by atoms with Gasteiger partial charge in [0.15, 0.2) is 5.65 Å². The second-order valence-corrected chi connectivity index (χ2v) is 4.22. The zero-order chi connectivity index (χ0) is 10.1. The van der Waals surface area contributed by atoms with Crippen molar-refractivity contribution in [3.63, 3.8) is 0 Å². The van der Waals surface area contributed by atoms with E-state index in [4.69, 9.17) is 0 Å². The van der Waals surface area contributed by atoms with Gasteiger partial charge in [0.25, 0.3) is 0 Å². The Morgan fingerprint density at radius 1 is 1.07 bits per heavy atom. The second kappa shape index (κ2) is 3.65. The number of nitrogens with zero attached hydrogens (tertiary/aromatic N) is 3. The molecule has 0 radical (unpaired) electrons. The Kier molecular flexibility index (Phi) is 2.16. The zero-order valence-electron chi connectivity index (χ0n) is 8.82. The summed E-state index contributed by atoms with van der Waals surface area (Å²) in [5.74, 6) is 0. The van der Waals surface area contributed by atoms with Crippen LogP contribution in [-0.2, 0) is 12.8 Å². The fourth-order valence-electron chi connectivity index (χ4n) is 2.41. The van der Waals surface area contributed by atoms with Crippen molar-refractivity contribution in [1.29, 1.82) is 0 Å².